The minimum atomic E-state index is -3.34. The molecule has 0 saturated carbocycles. The topological polar surface area (TPSA) is 120 Å². The molecule has 0 spiro atoms. The molecule has 0 aliphatic rings. The molecule has 0 unspecified atom stereocenters. The van der Waals surface area contributed by atoms with Crippen LogP contribution in [0.3, 0.4) is 0 Å². The molecule has 156 valence electrons. The van der Waals surface area contributed by atoms with Gasteiger partial charge >= 0.3 is 0 Å². The van der Waals surface area contributed by atoms with Crippen LogP contribution in [0.1, 0.15) is 5.76 Å². The molecule has 31 heavy (non-hydrogen) atoms. The quantitative estimate of drug-likeness (QED) is 0.462. The first-order valence-electron chi connectivity index (χ1n) is 9.13. The Bertz CT molecular complexity index is 1330. The predicted molar refractivity (Wildman–Crippen MR) is 114 cm³/mol. The molecule has 0 saturated heterocycles. The second-order valence-corrected chi connectivity index (χ2v) is 8.59. The van der Waals surface area contributed by atoms with Crippen LogP contribution in [0.2, 0.25) is 0 Å². The lowest BCUT2D eigenvalue weighted by molar-refractivity contribution is -0.111. The maximum absolute atomic E-state index is 13.1. The van der Waals surface area contributed by atoms with E-state index in [4.69, 9.17) is 4.42 Å². The molecule has 1 amide bonds. The van der Waals surface area contributed by atoms with Crippen LogP contribution in [-0.4, -0.2) is 40.8 Å². The fourth-order valence-electron chi connectivity index (χ4n) is 2.83. The normalized spacial score (nSPS) is 12.0. The zero-order chi connectivity index (χ0) is 21.8. The molecule has 4 rings (SSSR count). The summed E-state index contributed by atoms with van der Waals surface area (Å²) in [5.74, 6) is 0.307. The summed E-state index contributed by atoms with van der Waals surface area (Å²) in [6, 6.07) is 18.5. The number of rotatable bonds is 6. The number of carbonyl (C=O) groups is 1. The molecule has 2 aromatic heterocycles. The number of hydrogen-bond donors (Lipinski definition) is 1. The van der Waals surface area contributed by atoms with Crippen LogP contribution in [0.4, 0.5) is 5.69 Å². The van der Waals surface area contributed by atoms with Crippen molar-refractivity contribution in [3.63, 3.8) is 0 Å². The third-order valence-electron chi connectivity index (χ3n) is 4.32. The fourth-order valence-corrected chi connectivity index (χ4v) is 3.46. The number of anilines is 1. The SMILES string of the molecule is CS(=O)(=O)c1ccc(NC(=O)/C(=C\c2ccco2)n2nnnc2-c2ccccc2)cc1. The highest BCUT2D eigenvalue weighted by molar-refractivity contribution is 7.90. The Morgan fingerprint density at radius 2 is 1.77 bits per heavy atom. The van der Waals surface area contributed by atoms with Gasteiger partial charge in [0.1, 0.15) is 11.5 Å². The second kappa shape index (κ2) is 8.36. The highest BCUT2D eigenvalue weighted by atomic mass is 32.2. The van der Waals surface area contributed by atoms with Gasteiger partial charge in [-0.1, -0.05) is 30.3 Å². The summed E-state index contributed by atoms with van der Waals surface area (Å²) in [5, 5.41) is 14.5. The van der Waals surface area contributed by atoms with Crippen molar-refractivity contribution in [2.75, 3.05) is 11.6 Å². The molecule has 0 atom stereocenters. The van der Waals surface area contributed by atoms with Crippen molar-refractivity contribution in [3.8, 4) is 11.4 Å². The van der Waals surface area contributed by atoms with E-state index in [0.717, 1.165) is 11.8 Å². The summed E-state index contributed by atoms with van der Waals surface area (Å²) in [4.78, 5) is 13.3. The number of sulfone groups is 1. The summed E-state index contributed by atoms with van der Waals surface area (Å²) in [6.07, 6.45) is 4.12. The molecule has 0 aliphatic carbocycles. The van der Waals surface area contributed by atoms with E-state index in [-0.39, 0.29) is 10.6 Å². The van der Waals surface area contributed by atoms with Crippen molar-refractivity contribution < 1.29 is 17.6 Å². The first-order chi connectivity index (χ1) is 14.9. The Hall–Kier alpha value is -4.05. The monoisotopic (exact) mass is 435 g/mol. The van der Waals surface area contributed by atoms with E-state index in [0.29, 0.717) is 17.3 Å². The van der Waals surface area contributed by atoms with E-state index >= 15 is 0 Å². The van der Waals surface area contributed by atoms with Gasteiger partial charge in [-0.25, -0.2) is 8.42 Å². The number of nitrogens with zero attached hydrogens (tertiary/aromatic N) is 4. The predicted octanol–water partition coefficient (Wildman–Crippen LogP) is 2.97. The number of furan rings is 1. The van der Waals surface area contributed by atoms with Crippen molar-refractivity contribution in [1.29, 1.82) is 0 Å². The standard InChI is InChI=1S/C21H17N5O4S/c1-31(28,29)18-11-9-16(10-12-18)22-21(27)19(14-17-8-5-13-30-17)26-20(23-24-25-26)15-6-3-2-4-7-15/h2-14H,1H3,(H,22,27)/b19-14+. The van der Waals surface area contributed by atoms with Gasteiger partial charge in [0.2, 0.25) is 0 Å². The minimum absolute atomic E-state index is 0.117. The van der Waals surface area contributed by atoms with E-state index in [9.17, 15) is 13.2 Å². The molecular weight excluding hydrogens is 418 g/mol. The van der Waals surface area contributed by atoms with Gasteiger partial charge in [-0.2, -0.15) is 4.68 Å². The molecule has 10 heteroatoms. The average molecular weight is 435 g/mol. The van der Waals surface area contributed by atoms with Gasteiger partial charge in [-0.3, -0.25) is 4.79 Å². The largest absolute Gasteiger partial charge is 0.465 e. The number of benzene rings is 2. The Morgan fingerprint density at radius 3 is 2.42 bits per heavy atom. The molecular formula is C21H17N5O4S. The van der Waals surface area contributed by atoms with Gasteiger partial charge in [0.05, 0.1) is 11.2 Å². The van der Waals surface area contributed by atoms with Crippen LogP contribution < -0.4 is 5.32 Å². The van der Waals surface area contributed by atoms with E-state index in [1.165, 1.54) is 41.3 Å². The Morgan fingerprint density at radius 1 is 1.03 bits per heavy atom. The van der Waals surface area contributed by atoms with Gasteiger partial charge in [-0.05, 0) is 46.8 Å². The third kappa shape index (κ3) is 4.59. The first kappa shape index (κ1) is 20.2. The third-order valence-corrected chi connectivity index (χ3v) is 5.45. The Balaban J connectivity index is 1.71. The summed E-state index contributed by atoms with van der Waals surface area (Å²) in [5.41, 5.74) is 1.26. The molecule has 0 aliphatic heterocycles. The minimum Gasteiger partial charge on any atom is -0.465 e. The first-order valence-corrected chi connectivity index (χ1v) is 11.0. The number of tetrazole rings is 1. The highest BCUT2D eigenvalue weighted by Gasteiger charge is 2.20. The van der Waals surface area contributed by atoms with Crippen LogP contribution >= 0.6 is 0 Å². The molecule has 2 heterocycles. The smallest absolute Gasteiger partial charge is 0.274 e. The lowest BCUT2D eigenvalue weighted by atomic mass is 10.2. The molecule has 9 nitrogen and oxygen atoms in total. The zero-order valence-electron chi connectivity index (χ0n) is 16.3. The van der Waals surface area contributed by atoms with Crippen molar-refractivity contribution in [1.82, 2.24) is 20.2 Å². The van der Waals surface area contributed by atoms with Crippen LogP contribution in [-0.2, 0) is 14.6 Å². The number of amides is 1. The summed E-state index contributed by atoms with van der Waals surface area (Å²) >= 11 is 0. The Labute approximate surface area is 177 Å². The van der Waals surface area contributed by atoms with E-state index in [1.54, 1.807) is 12.1 Å². The number of nitrogens with one attached hydrogen (secondary N) is 1. The van der Waals surface area contributed by atoms with Crippen LogP contribution in [0.25, 0.3) is 23.2 Å². The Kier molecular flexibility index (Phi) is 5.46. The number of hydrogen-bond acceptors (Lipinski definition) is 7. The molecule has 4 aromatic rings. The van der Waals surface area contributed by atoms with E-state index in [2.05, 4.69) is 20.8 Å². The number of aromatic nitrogens is 4. The molecule has 2 aromatic carbocycles. The van der Waals surface area contributed by atoms with Crippen molar-refractivity contribution in [3.05, 3.63) is 78.8 Å². The molecule has 0 radical (unpaired) electrons. The maximum Gasteiger partial charge on any atom is 0.274 e. The van der Waals surface area contributed by atoms with Crippen LogP contribution in [0.5, 0.6) is 0 Å². The fraction of sp³-hybridized carbons (Fsp3) is 0.0476. The molecule has 0 bridgehead atoms. The summed E-state index contributed by atoms with van der Waals surface area (Å²) in [6.45, 7) is 0. The lowest BCUT2D eigenvalue weighted by Gasteiger charge is -2.11. The van der Waals surface area contributed by atoms with Crippen LogP contribution in [0, 0.1) is 0 Å². The zero-order valence-corrected chi connectivity index (χ0v) is 17.2. The van der Waals surface area contributed by atoms with Crippen molar-refractivity contribution in [2.24, 2.45) is 0 Å². The second-order valence-electron chi connectivity index (χ2n) is 6.58. The van der Waals surface area contributed by atoms with E-state index in [1.807, 2.05) is 30.3 Å². The van der Waals surface area contributed by atoms with Gasteiger partial charge in [0, 0.05) is 23.6 Å². The van der Waals surface area contributed by atoms with Crippen molar-refractivity contribution >= 4 is 33.2 Å². The summed E-state index contributed by atoms with van der Waals surface area (Å²) < 4.78 is 30.0. The summed E-state index contributed by atoms with van der Waals surface area (Å²) in [7, 11) is -3.34. The highest BCUT2D eigenvalue weighted by Crippen LogP contribution is 2.22. The molecule has 1 N–H and O–H groups in total. The van der Waals surface area contributed by atoms with E-state index < -0.39 is 15.7 Å². The van der Waals surface area contributed by atoms with Crippen molar-refractivity contribution in [2.45, 2.75) is 4.90 Å². The van der Waals surface area contributed by atoms with Gasteiger partial charge in [0.15, 0.2) is 15.7 Å². The van der Waals surface area contributed by atoms with Gasteiger partial charge in [0.25, 0.3) is 5.91 Å². The molecule has 0 fully saturated rings. The maximum atomic E-state index is 13.1. The van der Waals surface area contributed by atoms with Gasteiger partial charge < -0.3 is 9.73 Å². The average Bonchev–Trinajstić information content (AvgIpc) is 3.44. The number of carbonyl (C=O) groups excluding carboxylic acids is 1. The van der Waals surface area contributed by atoms with Gasteiger partial charge in [-0.15, -0.1) is 5.10 Å². The van der Waals surface area contributed by atoms with Crippen LogP contribution in [0.15, 0.2) is 82.3 Å². The lowest BCUT2D eigenvalue weighted by Crippen LogP contribution is -2.19.